The third-order valence-electron chi connectivity index (χ3n) is 4.09. The van der Waals surface area contributed by atoms with Crippen molar-refractivity contribution in [2.75, 3.05) is 18.9 Å². The second-order valence-corrected chi connectivity index (χ2v) is 5.94. The van der Waals surface area contributed by atoms with Crippen LogP contribution in [0.1, 0.15) is 21.5 Å². The fraction of sp³-hybridized carbons (Fsp3) is 0.235. The van der Waals surface area contributed by atoms with Crippen LogP contribution < -0.4 is 5.32 Å². The lowest BCUT2D eigenvalue weighted by Gasteiger charge is -2.29. The zero-order valence-corrected chi connectivity index (χ0v) is 13.4. The molecule has 0 aliphatic carbocycles. The number of hydrogen-bond donors (Lipinski definition) is 3. The third-order valence-corrected chi connectivity index (χ3v) is 4.39. The molecule has 5 nitrogen and oxygen atoms in total. The number of halogens is 1. The number of fused-ring (bicyclic) bond motifs is 1. The maximum absolute atomic E-state index is 12.7. The van der Waals surface area contributed by atoms with Crippen LogP contribution in [0.25, 0.3) is 0 Å². The molecule has 6 heteroatoms. The van der Waals surface area contributed by atoms with E-state index in [1.807, 2.05) is 19.2 Å². The molecule has 3 rings (SSSR count). The van der Waals surface area contributed by atoms with Crippen LogP contribution in [0.3, 0.4) is 0 Å². The van der Waals surface area contributed by atoms with E-state index in [1.165, 1.54) is 11.6 Å². The summed E-state index contributed by atoms with van der Waals surface area (Å²) >= 11 is 5.85. The Balaban J connectivity index is 1.88. The van der Waals surface area contributed by atoms with Crippen LogP contribution in [0.5, 0.6) is 11.5 Å². The molecule has 0 spiro atoms. The Morgan fingerprint density at radius 1 is 1.17 bits per heavy atom. The van der Waals surface area contributed by atoms with Crippen molar-refractivity contribution in [1.29, 1.82) is 0 Å². The lowest BCUT2D eigenvalue weighted by Crippen LogP contribution is -2.36. The fourth-order valence-electron chi connectivity index (χ4n) is 2.78. The van der Waals surface area contributed by atoms with E-state index in [0.717, 1.165) is 23.7 Å². The molecule has 1 amide bonds. The number of benzene rings is 2. The van der Waals surface area contributed by atoms with Gasteiger partial charge in [0.05, 0.1) is 10.6 Å². The van der Waals surface area contributed by atoms with E-state index in [0.29, 0.717) is 13.1 Å². The Hall–Kier alpha value is -2.40. The minimum Gasteiger partial charge on any atom is -0.507 e. The zero-order valence-electron chi connectivity index (χ0n) is 12.6. The van der Waals surface area contributed by atoms with E-state index < -0.39 is 0 Å². The number of anilines is 1. The van der Waals surface area contributed by atoms with Gasteiger partial charge in [-0.2, -0.15) is 0 Å². The summed E-state index contributed by atoms with van der Waals surface area (Å²) in [6, 6.07) is 8.50. The van der Waals surface area contributed by atoms with Crippen molar-refractivity contribution in [3.63, 3.8) is 0 Å². The van der Waals surface area contributed by atoms with E-state index >= 15 is 0 Å². The van der Waals surface area contributed by atoms with E-state index in [4.69, 9.17) is 11.6 Å². The minimum absolute atomic E-state index is 0.0426. The van der Waals surface area contributed by atoms with Gasteiger partial charge in [-0.3, -0.25) is 4.79 Å². The van der Waals surface area contributed by atoms with Crippen molar-refractivity contribution in [1.82, 2.24) is 4.90 Å². The van der Waals surface area contributed by atoms with Crippen molar-refractivity contribution in [2.45, 2.75) is 13.0 Å². The van der Waals surface area contributed by atoms with Crippen molar-refractivity contribution in [3.05, 3.63) is 52.0 Å². The number of phenols is 2. The summed E-state index contributed by atoms with van der Waals surface area (Å²) in [5.74, 6) is -0.819. The molecule has 0 aromatic heterocycles. The smallest absolute Gasteiger partial charge is 0.257 e. The summed E-state index contributed by atoms with van der Waals surface area (Å²) in [6.07, 6.45) is 0.762. The molecule has 0 saturated heterocycles. The molecule has 0 atom stereocenters. The van der Waals surface area contributed by atoms with Crippen LogP contribution in [0.4, 0.5) is 5.69 Å². The van der Waals surface area contributed by atoms with Gasteiger partial charge in [0.1, 0.15) is 11.5 Å². The molecule has 0 unspecified atom stereocenters. The average Bonchev–Trinajstić information content (AvgIpc) is 2.56. The second kappa shape index (κ2) is 6.01. The highest BCUT2D eigenvalue weighted by molar-refractivity contribution is 6.32. The quantitative estimate of drug-likeness (QED) is 0.790. The minimum atomic E-state index is -0.301. The molecule has 2 aromatic carbocycles. The van der Waals surface area contributed by atoms with Gasteiger partial charge in [0.15, 0.2) is 0 Å². The normalized spacial score (nSPS) is 13.6. The highest BCUT2D eigenvalue weighted by atomic mass is 35.5. The highest BCUT2D eigenvalue weighted by Crippen LogP contribution is 2.32. The Morgan fingerprint density at radius 3 is 2.70 bits per heavy atom. The van der Waals surface area contributed by atoms with Crippen molar-refractivity contribution >= 4 is 23.2 Å². The number of aromatic hydroxyl groups is 2. The SMILES string of the molecule is CNc1ccc2c(c1)CN(C(=O)c1cc(Cl)c(O)cc1O)CC2. The number of rotatable bonds is 2. The van der Waals surface area contributed by atoms with Gasteiger partial charge in [-0.25, -0.2) is 0 Å². The van der Waals surface area contributed by atoms with E-state index in [-0.39, 0.29) is 28.0 Å². The van der Waals surface area contributed by atoms with Crippen LogP contribution in [0.2, 0.25) is 5.02 Å². The number of carbonyl (C=O) groups is 1. The predicted octanol–water partition coefficient (Wildman–Crippen LogP) is 2.99. The molecule has 120 valence electrons. The van der Waals surface area contributed by atoms with Gasteiger partial charge in [0, 0.05) is 31.9 Å². The first-order valence-electron chi connectivity index (χ1n) is 7.30. The van der Waals surface area contributed by atoms with Crippen molar-refractivity contribution in [3.8, 4) is 11.5 Å². The van der Waals surface area contributed by atoms with Gasteiger partial charge in [-0.1, -0.05) is 17.7 Å². The molecule has 0 radical (unpaired) electrons. The van der Waals surface area contributed by atoms with Crippen LogP contribution in [0.15, 0.2) is 30.3 Å². The lowest BCUT2D eigenvalue weighted by atomic mass is 9.98. The Labute approximate surface area is 139 Å². The van der Waals surface area contributed by atoms with Gasteiger partial charge in [-0.05, 0) is 35.7 Å². The first kappa shape index (κ1) is 15.5. The molecule has 0 saturated carbocycles. The molecule has 1 aliphatic rings. The van der Waals surface area contributed by atoms with Crippen LogP contribution >= 0.6 is 11.6 Å². The van der Waals surface area contributed by atoms with Gasteiger partial charge in [0.25, 0.3) is 5.91 Å². The van der Waals surface area contributed by atoms with Gasteiger partial charge < -0.3 is 20.4 Å². The summed E-state index contributed by atoms with van der Waals surface area (Å²) < 4.78 is 0. The van der Waals surface area contributed by atoms with Crippen molar-refractivity contribution < 1.29 is 15.0 Å². The Morgan fingerprint density at radius 2 is 1.96 bits per heavy atom. The third kappa shape index (κ3) is 2.92. The maximum atomic E-state index is 12.7. The molecular formula is C17H17ClN2O3. The molecule has 0 bridgehead atoms. The zero-order chi connectivity index (χ0) is 16.6. The largest absolute Gasteiger partial charge is 0.507 e. The standard InChI is InChI=1S/C17H17ClN2O3/c1-19-12-3-2-10-4-5-20(9-11(10)6-12)17(23)13-7-14(18)16(22)8-15(13)21/h2-3,6-8,19,21-22H,4-5,9H2,1H3. The van der Waals surface area contributed by atoms with Crippen LogP contribution in [-0.4, -0.2) is 34.6 Å². The Bertz CT molecular complexity index is 777. The van der Waals surface area contributed by atoms with Gasteiger partial charge in [-0.15, -0.1) is 0 Å². The van der Waals surface area contributed by atoms with E-state index in [2.05, 4.69) is 11.4 Å². The fourth-order valence-corrected chi connectivity index (χ4v) is 2.94. The summed E-state index contributed by atoms with van der Waals surface area (Å²) in [5, 5.41) is 22.5. The molecule has 23 heavy (non-hydrogen) atoms. The van der Waals surface area contributed by atoms with Crippen LogP contribution in [0, 0.1) is 0 Å². The first-order chi connectivity index (χ1) is 11.0. The summed E-state index contributed by atoms with van der Waals surface area (Å²) in [6.45, 7) is 1.05. The lowest BCUT2D eigenvalue weighted by molar-refractivity contribution is 0.0731. The molecule has 1 aliphatic heterocycles. The molecule has 3 N–H and O–H groups in total. The summed E-state index contributed by atoms with van der Waals surface area (Å²) in [7, 11) is 1.85. The van der Waals surface area contributed by atoms with E-state index in [9.17, 15) is 15.0 Å². The molecule has 0 fully saturated rings. The second-order valence-electron chi connectivity index (χ2n) is 5.53. The summed E-state index contributed by atoms with van der Waals surface area (Å²) in [5.41, 5.74) is 3.40. The van der Waals surface area contributed by atoms with E-state index in [1.54, 1.807) is 4.90 Å². The first-order valence-corrected chi connectivity index (χ1v) is 7.67. The maximum Gasteiger partial charge on any atom is 0.257 e. The highest BCUT2D eigenvalue weighted by Gasteiger charge is 2.24. The topological polar surface area (TPSA) is 72.8 Å². The number of carbonyl (C=O) groups excluding carboxylic acids is 1. The number of hydrogen-bond acceptors (Lipinski definition) is 4. The van der Waals surface area contributed by atoms with Gasteiger partial charge >= 0.3 is 0 Å². The number of nitrogens with zero attached hydrogens (tertiary/aromatic N) is 1. The number of nitrogens with one attached hydrogen (secondary N) is 1. The molecule has 1 heterocycles. The number of amides is 1. The molecular weight excluding hydrogens is 316 g/mol. The van der Waals surface area contributed by atoms with Gasteiger partial charge in [0.2, 0.25) is 0 Å². The number of phenolic OH excluding ortho intramolecular Hbond substituents is 2. The van der Waals surface area contributed by atoms with Crippen molar-refractivity contribution in [2.24, 2.45) is 0 Å². The Kier molecular flexibility index (Phi) is 4.05. The average molecular weight is 333 g/mol. The predicted molar refractivity (Wildman–Crippen MR) is 89.2 cm³/mol. The molecule has 2 aromatic rings. The monoisotopic (exact) mass is 332 g/mol. The van der Waals surface area contributed by atoms with Crippen LogP contribution in [-0.2, 0) is 13.0 Å². The summed E-state index contributed by atoms with van der Waals surface area (Å²) in [4.78, 5) is 14.3.